The monoisotopic (exact) mass is 222 g/mol. The van der Waals surface area contributed by atoms with Crippen molar-refractivity contribution in [1.29, 1.82) is 0 Å². The lowest BCUT2D eigenvalue weighted by Gasteiger charge is -2.19. The molecule has 0 unspecified atom stereocenters. The first-order valence-corrected chi connectivity index (χ1v) is 5.48. The predicted molar refractivity (Wildman–Crippen MR) is 63.3 cm³/mol. The molecule has 4 heteroatoms. The van der Waals surface area contributed by atoms with Gasteiger partial charge in [0.15, 0.2) is 0 Å². The van der Waals surface area contributed by atoms with Gasteiger partial charge in [0, 0.05) is 19.6 Å². The molecule has 16 heavy (non-hydrogen) atoms. The van der Waals surface area contributed by atoms with Gasteiger partial charge in [0.2, 0.25) is 0 Å². The Morgan fingerprint density at radius 2 is 2.06 bits per heavy atom. The molecule has 0 aliphatic heterocycles. The molecule has 1 rings (SSSR count). The van der Waals surface area contributed by atoms with E-state index >= 15 is 0 Å². The topological polar surface area (TPSA) is 52.6 Å². The lowest BCUT2D eigenvalue weighted by molar-refractivity contribution is 0.203. The highest BCUT2D eigenvalue weighted by atomic mass is 16.3. The van der Waals surface area contributed by atoms with Gasteiger partial charge in [-0.15, -0.1) is 0 Å². The van der Waals surface area contributed by atoms with Gasteiger partial charge >= 0.3 is 6.03 Å². The van der Waals surface area contributed by atoms with Crippen molar-refractivity contribution < 1.29 is 9.90 Å². The van der Waals surface area contributed by atoms with E-state index in [1.54, 1.807) is 23.1 Å². The third-order valence-electron chi connectivity index (χ3n) is 2.40. The van der Waals surface area contributed by atoms with E-state index in [1.165, 1.54) is 0 Å². The Balaban J connectivity index is 2.48. The molecular formula is C12H18N2O2. The average molecular weight is 222 g/mol. The van der Waals surface area contributed by atoms with E-state index in [9.17, 15) is 9.90 Å². The SMILES string of the molecule is CCN(CC)C(=O)NCc1cccc(O)c1. The molecule has 88 valence electrons. The number of hydrogen-bond donors (Lipinski definition) is 2. The summed E-state index contributed by atoms with van der Waals surface area (Å²) in [7, 11) is 0. The molecule has 2 N–H and O–H groups in total. The number of nitrogens with zero attached hydrogens (tertiary/aromatic N) is 1. The second kappa shape index (κ2) is 6.00. The van der Waals surface area contributed by atoms with Crippen LogP contribution in [0.15, 0.2) is 24.3 Å². The third kappa shape index (κ3) is 3.46. The minimum atomic E-state index is -0.0756. The summed E-state index contributed by atoms with van der Waals surface area (Å²) in [6, 6.07) is 6.79. The molecule has 1 aromatic rings. The van der Waals surface area contributed by atoms with Gasteiger partial charge in [0.05, 0.1) is 0 Å². The van der Waals surface area contributed by atoms with Gasteiger partial charge in [-0.3, -0.25) is 0 Å². The molecule has 0 heterocycles. The zero-order valence-electron chi connectivity index (χ0n) is 9.73. The number of aromatic hydroxyl groups is 1. The summed E-state index contributed by atoms with van der Waals surface area (Å²) in [5.41, 5.74) is 0.889. The average Bonchev–Trinajstić information content (AvgIpc) is 2.28. The smallest absolute Gasteiger partial charge is 0.317 e. The van der Waals surface area contributed by atoms with Crippen LogP contribution < -0.4 is 5.32 Å². The van der Waals surface area contributed by atoms with Crippen LogP contribution in [0.2, 0.25) is 0 Å². The van der Waals surface area contributed by atoms with Gasteiger partial charge < -0.3 is 15.3 Å². The van der Waals surface area contributed by atoms with E-state index in [0.29, 0.717) is 19.6 Å². The number of hydrogen-bond acceptors (Lipinski definition) is 2. The first-order chi connectivity index (χ1) is 7.67. The maximum atomic E-state index is 11.6. The van der Waals surface area contributed by atoms with E-state index in [4.69, 9.17) is 0 Å². The number of urea groups is 1. The van der Waals surface area contributed by atoms with Crippen LogP contribution in [-0.4, -0.2) is 29.1 Å². The van der Waals surface area contributed by atoms with Crippen molar-refractivity contribution in [2.24, 2.45) is 0 Å². The van der Waals surface area contributed by atoms with E-state index < -0.39 is 0 Å². The fraction of sp³-hybridized carbons (Fsp3) is 0.417. The minimum absolute atomic E-state index is 0.0756. The van der Waals surface area contributed by atoms with Gasteiger partial charge in [-0.1, -0.05) is 12.1 Å². The Bertz CT molecular complexity index is 349. The molecule has 0 bridgehead atoms. The van der Waals surface area contributed by atoms with Gasteiger partial charge in [0.25, 0.3) is 0 Å². The zero-order chi connectivity index (χ0) is 12.0. The summed E-state index contributed by atoms with van der Waals surface area (Å²) >= 11 is 0. The van der Waals surface area contributed by atoms with Crippen LogP contribution in [0.4, 0.5) is 4.79 Å². The fourth-order valence-corrected chi connectivity index (χ4v) is 1.47. The molecular weight excluding hydrogens is 204 g/mol. The second-order valence-electron chi connectivity index (χ2n) is 3.50. The summed E-state index contributed by atoms with van der Waals surface area (Å²) in [5, 5.41) is 12.1. The lowest BCUT2D eigenvalue weighted by atomic mass is 10.2. The van der Waals surface area contributed by atoms with Crippen molar-refractivity contribution >= 4 is 6.03 Å². The maximum Gasteiger partial charge on any atom is 0.317 e. The zero-order valence-corrected chi connectivity index (χ0v) is 9.73. The quantitative estimate of drug-likeness (QED) is 0.818. The summed E-state index contributed by atoms with van der Waals surface area (Å²) in [5.74, 6) is 0.217. The Kier molecular flexibility index (Phi) is 4.64. The molecule has 0 aliphatic rings. The van der Waals surface area contributed by atoms with Crippen molar-refractivity contribution in [1.82, 2.24) is 10.2 Å². The van der Waals surface area contributed by atoms with Crippen molar-refractivity contribution in [2.45, 2.75) is 20.4 Å². The van der Waals surface area contributed by atoms with Gasteiger partial charge in [-0.05, 0) is 31.5 Å². The number of rotatable bonds is 4. The largest absolute Gasteiger partial charge is 0.508 e. The molecule has 1 aromatic carbocycles. The first-order valence-electron chi connectivity index (χ1n) is 5.48. The predicted octanol–water partition coefficient (Wildman–Crippen LogP) is 1.94. The standard InChI is InChI=1S/C12H18N2O2/c1-3-14(4-2)12(16)13-9-10-6-5-7-11(15)8-10/h5-8,15H,3-4,9H2,1-2H3,(H,13,16). The van der Waals surface area contributed by atoms with Crippen LogP contribution in [0.1, 0.15) is 19.4 Å². The highest BCUT2D eigenvalue weighted by Gasteiger charge is 2.07. The normalized spacial score (nSPS) is 9.88. The molecule has 0 atom stereocenters. The van der Waals surface area contributed by atoms with Crippen molar-refractivity contribution in [3.63, 3.8) is 0 Å². The number of phenols is 1. The number of amides is 2. The number of benzene rings is 1. The van der Waals surface area contributed by atoms with Gasteiger partial charge in [0.1, 0.15) is 5.75 Å². The lowest BCUT2D eigenvalue weighted by Crippen LogP contribution is -2.39. The third-order valence-corrected chi connectivity index (χ3v) is 2.40. The van der Waals surface area contributed by atoms with Gasteiger partial charge in [-0.25, -0.2) is 4.79 Å². The van der Waals surface area contributed by atoms with E-state index in [-0.39, 0.29) is 11.8 Å². The number of carbonyl (C=O) groups is 1. The van der Waals surface area contributed by atoms with Crippen molar-refractivity contribution in [3.05, 3.63) is 29.8 Å². The fourth-order valence-electron chi connectivity index (χ4n) is 1.47. The Morgan fingerprint density at radius 1 is 1.38 bits per heavy atom. The van der Waals surface area contributed by atoms with Crippen LogP contribution in [0, 0.1) is 0 Å². The number of carbonyl (C=O) groups excluding carboxylic acids is 1. The summed E-state index contributed by atoms with van der Waals surface area (Å²) < 4.78 is 0. The van der Waals surface area contributed by atoms with Gasteiger partial charge in [-0.2, -0.15) is 0 Å². The van der Waals surface area contributed by atoms with E-state index in [1.807, 2.05) is 19.9 Å². The number of nitrogens with one attached hydrogen (secondary N) is 1. The van der Waals surface area contributed by atoms with Crippen LogP contribution in [0.3, 0.4) is 0 Å². The molecule has 4 nitrogen and oxygen atoms in total. The summed E-state index contributed by atoms with van der Waals surface area (Å²) in [4.78, 5) is 13.3. The minimum Gasteiger partial charge on any atom is -0.508 e. The molecule has 0 spiro atoms. The second-order valence-corrected chi connectivity index (χ2v) is 3.50. The Hall–Kier alpha value is -1.71. The summed E-state index contributed by atoms with van der Waals surface area (Å²) in [6.07, 6.45) is 0. The van der Waals surface area contributed by atoms with E-state index in [0.717, 1.165) is 5.56 Å². The molecule has 0 aromatic heterocycles. The molecule has 0 radical (unpaired) electrons. The maximum absolute atomic E-state index is 11.6. The van der Waals surface area contributed by atoms with Crippen LogP contribution in [-0.2, 0) is 6.54 Å². The Labute approximate surface area is 95.9 Å². The molecule has 2 amide bonds. The number of phenolic OH excluding ortho intramolecular Hbond substituents is 1. The molecule has 0 saturated carbocycles. The van der Waals surface area contributed by atoms with Crippen LogP contribution in [0.25, 0.3) is 0 Å². The summed E-state index contributed by atoms with van der Waals surface area (Å²) in [6.45, 7) is 5.71. The van der Waals surface area contributed by atoms with Crippen molar-refractivity contribution in [2.75, 3.05) is 13.1 Å². The Morgan fingerprint density at radius 3 is 2.62 bits per heavy atom. The van der Waals surface area contributed by atoms with Crippen LogP contribution >= 0.6 is 0 Å². The highest BCUT2D eigenvalue weighted by Crippen LogP contribution is 2.10. The van der Waals surface area contributed by atoms with Crippen LogP contribution in [0.5, 0.6) is 5.75 Å². The molecule has 0 saturated heterocycles. The van der Waals surface area contributed by atoms with Crippen molar-refractivity contribution in [3.8, 4) is 5.75 Å². The highest BCUT2D eigenvalue weighted by molar-refractivity contribution is 5.74. The first kappa shape index (κ1) is 12.4. The molecule has 0 aliphatic carbocycles. The van der Waals surface area contributed by atoms with E-state index in [2.05, 4.69) is 5.32 Å². The molecule has 0 fully saturated rings.